The Bertz CT molecular complexity index is 254. The average molecular weight is 181 g/mol. The number of carboxylic acid groups (broad SMARTS) is 1. The number of aromatic nitrogens is 1. The van der Waals surface area contributed by atoms with Crippen molar-refractivity contribution in [1.82, 2.24) is 4.57 Å². The summed E-state index contributed by atoms with van der Waals surface area (Å²) in [5.41, 5.74) is 0. The van der Waals surface area contributed by atoms with Crippen LogP contribution in [0, 0.1) is 0 Å². The summed E-state index contributed by atoms with van der Waals surface area (Å²) in [6, 6.07) is 3.30. The predicted octanol–water partition coefficient (Wildman–Crippen LogP) is 2.30. The van der Waals surface area contributed by atoms with Crippen LogP contribution in [0.25, 0.3) is 0 Å². The standard InChI is InChI=1S/C10H15NO2/c1-2-3-6-9(10(12)13)11-7-4-5-8-11/h4-5,7-9H,2-3,6H2,1H3,(H,12,13)/t9-/m0/s1. The van der Waals surface area contributed by atoms with Gasteiger partial charge in [-0.25, -0.2) is 4.79 Å². The van der Waals surface area contributed by atoms with E-state index < -0.39 is 12.0 Å². The molecule has 3 heteroatoms. The van der Waals surface area contributed by atoms with E-state index in [1.807, 2.05) is 12.1 Å². The van der Waals surface area contributed by atoms with Gasteiger partial charge in [-0.15, -0.1) is 0 Å². The summed E-state index contributed by atoms with van der Waals surface area (Å²) in [5.74, 6) is -0.746. The van der Waals surface area contributed by atoms with Crippen LogP contribution in [0.2, 0.25) is 0 Å². The third-order valence-corrected chi connectivity index (χ3v) is 2.10. The molecule has 0 bridgehead atoms. The number of carbonyl (C=O) groups is 1. The number of carboxylic acids is 1. The third-order valence-electron chi connectivity index (χ3n) is 2.10. The van der Waals surface area contributed by atoms with Gasteiger partial charge in [-0.3, -0.25) is 0 Å². The molecule has 1 heterocycles. The number of hydrogen-bond acceptors (Lipinski definition) is 1. The van der Waals surface area contributed by atoms with Crippen molar-refractivity contribution in [2.45, 2.75) is 32.2 Å². The van der Waals surface area contributed by atoms with Gasteiger partial charge >= 0.3 is 5.97 Å². The van der Waals surface area contributed by atoms with E-state index in [-0.39, 0.29) is 0 Å². The molecule has 0 aliphatic heterocycles. The number of rotatable bonds is 5. The van der Waals surface area contributed by atoms with E-state index in [0.29, 0.717) is 6.42 Å². The summed E-state index contributed by atoms with van der Waals surface area (Å²) in [5, 5.41) is 8.95. The minimum absolute atomic E-state index is 0.394. The van der Waals surface area contributed by atoms with Crippen LogP contribution in [0.4, 0.5) is 0 Å². The number of nitrogens with zero attached hydrogens (tertiary/aromatic N) is 1. The Morgan fingerprint density at radius 3 is 2.54 bits per heavy atom. The smallest absolute Gasteiger partial charge is 0.326 e. The normalized spacial score (nSPS) is 12.7. The fourth-order valence-corrected chi connectivity index (χ4v) is 1.35. The molecule has 0 fully saturated rings. The van der Waals surface area contributed by atoms with Gasteiger partial charge in [-0.1, -0.05) is 19.8 Å². The summed E-state index contributed by atoms with van der Waals surface area (Å²) in [6.07, 6.45) is 6.30. The van der Waals surface area contributed by atoms with E-state index >= 15 is 0 Å². The predicted molar refractivity (Wildman–Crippen MR) is 50.6 cm³/mol. The molecule has 0 amide bonds. The molecular weight excluding hydrogens is 166 g/mol. The molecule has 0 aliphatic rings. The average Bonchev–Trinajstić information content (AvgIpc) is 2.57. The highest BCUT2D eigenvalue weighted by Crippen LogP contribution is 2.15. The molecule has 3 nitrogen and oxygen atoms in total. The van der Waals surface area contributed by atoms with E-state index in [0.717, 1.165) is 12.8 Å². The molecule has 0 saturated carbocycles. The van der Waals surface area contributed by atoms with Gasteiger partial charge in [0, 0.05) is 12.4 Å². The molecule has 72 valence electrons. The zero-order valence-corrected chi connectivity index (χ0v) is 7.81. The van der Waals surface area contributed by atoms with Crippen molar-refractivity contribution in [3.8, 4) is 0 Å². The van der Waals surface area contributed by atoms with E-state index in [2.05, 4.69) is 6.92 Å². The quantitative estimate of drug-likeness (QED) is 0.757. The van der Waals surface area contributed by atoms with Crippen LogP contribution in [0.1, 0.15) is 32.2 Å². The molecule has 13 heavy (non-hydrogen) atoms. The lowest BCUT2D eigenvalue weighted by Crippen LogP contribution is -2.17. The fourth-order valence-electron chi connectivity index (χ4n) is 1.35. The van der Waals surface area contributed by atoms with Gasteiger partial charge in [0.15, 0.2) is 0 Å². The molecule has 1 aromatic rings. The molecular formula is C10H15NO2. The van der Waals surface area contributed by atoms with Gasteiger partial charge in [0.1, 0.15) is 6.04 Å². The Kier molecular flexibility index (Phi) is 3.55. The Balaban J connectivity index is 2.63. The van der Waals surface area contributed by atoms with E-state index in [1.165, 1.54) is 0 Å². The van der Waals surface area contributed by atoms with Gasteiger partial charge in [-0.2, -0.15) is 0 Å². The number of unbranched alkanes of at least 4 members (excludes halogenated alkanes) is 1. The summed E-state index contributed by atoms with van der Waals surface area (Å²) < 4.78 is 1.75. The van der Waals surface area contributed by atoms with Gasteiger partial charge in [0.25, 0.3) is 0 Å². The lowest BCUT2D eigenvalue weighted by Gasteiger charge is -2.13. The molecule has 1 N–H and O–H groups in total. The second kappa shape index (κ2) is 4.70. The Labute approximate surface area is 78.0 Å². The highest BCUT2D eigenvalue weighted by Gasteiger charge is 2.16. The first-order valence-electron chi connectivity index (χ1n) is 4.61. The first kappa shape index (κ1) is 9.84. The SMILES string of the molecule is CCCC[C@@H](C(=O)O)n1cccc1. The van der Waals surface area contributed by atoms with Crippen LogP contribution in [0.5, 0.6) is 0 Å². The molecule has 0 saturated heterocycles. The Morgan fingerprint density at radius 1 is 1.46 bits per heavy atom. The van der Waals surface area contributed by atoms with Crippen LogP contribution < -0.4 is 0 Å². The van der Waals surface area contributed by atoms with E-state index in [4.69, 9.17) is 5.11 Å². The molecule has 1 aromatic heterocycles. The molecule has 1 rings (SSSR count). The fraction of sp³-hybridized carbons (Fsp3) is 0.500. The second-order valence-corrected chi connectivity index (χ2v) is 3.13. The first-order valence-corrected chi connectivity index (χ1v) is 4.61. The van der Waals surface area contributed by atoms with Crippen LogP contribution in [0.15, 0.2) is 24.5 Å². The monoisotopic (exact) mass is 181 g/mol. The minimum Gasteiger partial charge on any atom is -0.480 e. The van der Waals surface area contributed by atoms with Gasteiger partial charge < -0.3 is 9.67 Å². The lowest BCUT2D eigenvalue weighted by atomic mass is 10.1. The maximum atomic E-state index is 10.9. The summed E-state index contributed by atoms with van der Waals surface area (Å²) in [4.78, 5) is 10.9. The largest absolute Gasteiger partial charge is 0.480 e. The highest BCUT2D eigenvalue weighted by molar-refractivity contribution is 5.71. The van der Waals surface area contributed by atoms with Crippen molar-refractivity contribution in [3.05, 3.63) is 24.5 Å². The topological polar surface area (TPSA) is 42.2 Å². The molecule has 0 aliphatic carbocycles. The molecule has 0 aromatic carbocycles. The molecule has 0 unspecified atom stereocenters. The van der Waals surface area contributed by atoms with Crippen molar-refractivity contribution in [2.75, 3.05) is 0 Å². The van der Waals surface area contributed by atoms with Crippen molar-refractivity contribution < 1.29 is 9.90 Å². The number of hydrogen-bond donors (Lipinski definition) is 1. The van der Waals surface area contributed by atoms with Crippen LogP contribution >= 0.6 is 0 Å². The zero-order chi connectivity index (χ0) is 9.68. The van der Waals surface area contributed by atoms with Gasteiger partial charge in [0.05, 0.1) is 0 Å². The lowest BCUT2D eigenvalue weighted by molar-refractivity contribution is -0.141. The number of aliphatic carboxylic acids is 1. The van der Waals surface area contributed by atoms with Crippen molar-refractivity contribution >= 4 is 5.97 Å². The molecule has 0 radical (unpaired) electrons. The van der Waals surface area contributed by atoms with E-state index in [9.17, 15) is 4.79 Å². The van der Waals surface area contributed by atoms with Gasteiger partial charge in [0.2, 0.25) is 0 Å². The first-order chi connectivity index (χ1) is 6.25. The molecule has 0 spiro atoms. The Hall–Kier alpha value is -1.25. The van der Waals surface area contributed by atoms with Crippen LogP contribution in [-0.4, -0.2) is 15.6 Å². The van der Waals surface area contributed by atoms with Crippen molar-refractivity contribution in [3.63, 3.8) is 0 Å². The summed E-state index contributed by atoms with van der Waals surface area (Å²) in [6.45, 7) is 2.06. The maximum Gasteiger partial charge on any atom is 0.326 e. The zero-order valence-electron chi connectivity index (χ0n) is 7.81. The summed E-state index contributed by atoms with van der Waals surface area (Å²) >= 11 is 0. The van der Waals surface area contributed by atoms with E-state index in [1.54, 1.807) is 17.0 Å². The van der Waals surface area contributed by atoms with Gasteiger partial charge in [-0.05, 0) is 18.6 Å². The maximum absolute atomic E-state index is 10.9. The second-order valence-electron chi connectivity index (χ2n) is 3.13. The Morgan fingerprint density at radius 2 is 2.08 bits per heavy atom. The highest BCUT2D eigenvalue weighted by atomic mass is 16.4. The van der Waals surface area contributed by atoms with Crippen molar-refractivity contribution in [1.29, 1.82) is 0 Å². The van der Waals surface area contributed by atoms with Crippen molar-refractivity contribution in [2.24, 2.45) is 0 Å². The third kappa shape index (κ3) is 2.61. The molecule has 1 atom stereocenters. The van der Waals surface area contributed by atoms with Crippen LogP contribution in [0.3, 0.4) is 0 Å². The summed E-state index contributed by atoms with van der Waals surface area (Å²) in [7, 11) is 0. The minimum atomic E-state index is -0.746. The van der Waals surface area contributed by atoms with Crippen LogP contribution in [-0.2, 0) is 4.79 Å².